The van der Waals surface area contributed by atoms with Crippen molar-refractivity contribution < 1.29 is 19.1 Å². The minimum atomic E-state index is -1.04. The number of nitrogens with two attached hydrogens (primary N) is 4. The number of carbonyl (C=O) groups is 2. The van der Waals surface area contributed by atoms with E-state index in [1.807, 2.05) is 0 Å². The minimum Gasteiger partial charge on any atom is -0.453 e. The number of hydrogen-bond donors (Lipinski definition) is 4. The summed E-state index contributed by atoms with van der Waals surface area (Å²) in [5.74, 6) is -1.23. The van der Waals surface area contributed by atoms with E-state index in [-0.39, 0.29) is 0 Å². The molecule has 0 amide bonds. The monoisotopic (exact) mass is 384 g/mol. The molecule has 148 valence electrons. The van der Waals surface area contributed by atoms with Gasteiger partial charge in [0.2, 0.25) is 0 Å². The minimum absolute atomic E-state index is 0.333. The third-order valence-electron chi connectivity index (χ3n) is 4.92. The topological polar surface area (TPSA) is 157 Å². The quantitative estimate of drug-likeness (QED) is 0.526. The van der Waals surface area contributed by atoms with Crippen LogP contribution in [0.25, 0.3) is 0 Å². The largest absolute Gasteiger partial charge is 0.453 e. The first kappa shape index (κ1) is 20.0. The lowest BCUT2D eigenvalue weighted by Gasteiger charge is -2.45. The molecule has 0 aromatic heterocycles. The summed E-state index contributed by atoms with van der Waals surface area (Å²) in [4.78, 5) is 25.0. The normalized spacial score (nSPS) is 29.7. The summed E-state index contributed by atoms with van der Waals surface area (Å²) >= 11 is 0. The Balaban J connectivity index is 1.84. The highest BCUT2D eigenvalue weighted by molar-refractivity contribution is 5.90. The van der Waals surface area contributed by atoms with E-state index in [0.717, 1.165) is 0 Å². The van der Waals surface area contributed by atoms with Gasteiger partial charge in [-0.2, -0.15) is 0 Å². The molecule has 0 saturated heterocycles. The van der Waals surface area contributed by atoms with Crippen molar-refractivity contribution in [3.05, 3.63) is 71.8 Å². The zero-order chi connectivity index (χ0) is 20.3. The molecule has 28 heavy (non-hydrogen) atoms. The van der Waals surface area contributed by atoms with E-state index in [9.17, 15) is 9.59 Å². The fourth-order valence-corrected chi connectivity index (χ4v) is 3.21. The van der Waals surface area contributed by atoms with Crippen LogP contribution in [0.5, 0.6) is 0 Å². The standard InChI is InChI=1S/C20H24N4O4/c21-13-14(22)16(24)18(28-20(26)12-9-5-2-6-10-12)17(15(13)23)27-19(25)11-7-3-1-4-8-11/h1-10,13-18H,21-24H2/t13?,14?,15?,16?,17-,18+. The van der Waals surface area contributed by atoms with Gasteiger partial charge in [-0.1, -0.05) is 36.4 Å². The van der Waals surface area contributed by atoms with Gasteiger partial charge in [0.25, 0.3) is 0 Å². The second-order valence-electron chi connectivity index (χ2n) is 6.78. The van der Waals surface area contributed by atoms with Crippen LogP contribution in [-0.4, -0.2) is 48.3 Å². The van der Waals surface area contributed by atoms with Gasteiger partial charge in [0.1, 0.15) is 0 Å². The van der Waals surface area contributed by atoms with Crippen molar-refractivity contribution in [2.45, 2.75) is 36.4 Å². The Bertz CT molecular complexity index is 748. The molecule has 0 bridgehead atoms. The summed E-state index contributed by atoms with van der Waals surface area (Å²) in [7, 11) is 0. The fraction of sp³-hybridized carbons (Fsp3) is 0.300. The molecule has 8 heteroatoms. The lowest BCUT2D eigenvalue weighted by atomic mass is 9.79. The number of ether oxygens (including phenoxy) is 2. The van der Waals surface area contributed by atoms with Crippen molar-refractivity contribution in [2.75, 3.05) is 0 Å². The molecule has 0 heterocycles. The number of benzene rings is 2. The first-order chi connectivity index (χ1) is 13.4. The van der Waals surface area contributed by atoms with Gasteiger partial charge in [-0.3, -0.25) is 0 Å². The van der Waals surface area contributed by atoms with Crippen LogP contribution in [0.4, 0.5) is 0 Å². The Morgan fingerprint density at radius 1 is 0.571 bits per heavy atom. The Kier molecular flexibility index (Phi) is 6.05. The van der Waals surface area contributed by atoms with Gasteiger partial charge in [0.05, 0.1) is 23.2 Å². The predicted molar refractivity (Wildman–Crippen MR) is 103 cm³/mol. The fourth-order valence-electron chi connectivity index (χ4n) is 3.21. The summed E-state index contributed by atoms with van der Waals surface area (Å²) in [6.07, 6.45) is -2.07. The molecule has 0 spiro atoms. The lowest BCUT2D eigenvalue weighted by molar-refractivity contribution is -0.0733. The maximum Gasteiger partial charge on any atom is 0.338 e. The van der Waals surface area contributed by atoms with Crippen LogP contribution < -0.4 is 22.9 Å². The van der Waals surface area contributed by atoms with Gasteiger partial charge < -0.3 is 32.4 Å². The van der Waals surface area contributed by atoms with Crippen LogP contribution in [0.15, 0.2) is 60.7 Å². The highest BCUT2D eigenvalue weighted by atomic mass is 16.6. The SMILES string of the molecule is NC1C(N)C(N)[C@H](OC(=O)c2ccccc2)[C@H](OC(=O)c2ccccc2)C1N. The summed E-state index contributed by atoms with van der Waals surface area (Å²) in [5.41, 5.74) is 25.1. The zero-order valence-electron chi connectivity index (χ0n) is 15.2. The second-order valence-corrected chi connectivity index (χ2v) is 6.78. The first-order valence-corrected chi connectivity index (χ1v) is 8.94. The maximum absolute atomic E-state index is 12.5. The predicted octanol–water partition coefficient (Wildman–Crippen LogP) is -0.240. The molecule has 4 unspecified atom stereocenters. The van der Waals surface area contributed by atoms with Crippen LogP contribution in [0.3, 0.4) is 0 Å². The van der Waals surface area contributed by atoms with Gasteiger partial charge in [-0.25, -0.2) is 9.59 Å². The van der Waals surface area contributed by atoms with Crippen molar-refractivity contribution in [1.82, 2.24) is 0 Å². The van der Waals surface area contributed by atoms with E-state index < -0.39 is 48.3 Å². The maximum atomic E-state index is 12.5. The van der Waals surface area contributed by atoms with Gasteiger partial charge in [-0.15, -0.1) is 0 Å². The van der Waals surface area contributed by atoms with Crippen LogP contribution >= 0.6 is 0 Å². The number of hydrogen-bond acceptors (Lipinski definition) is 8. The average molecular weight is 384 g/mol. The van der Waals surface area contributed by atoms with Crippen molar-refractivity contribution in [2.24, 2.45) is 22.9 Å². The lowest BCUT2D eigenvalue weighted by Crippen LogP contribution is -2.75. The molecule has 0 aliphatic heterocycles. The highest BCUT2D eigenvalue weighted by Crippen LogP contribution is 2.24. The number of esters is 2. The van der Waals surface area contributed by atoms with Crippen molar-refractivity contribution in [3.63, 3.8) is 0 Å². The molecule has 6 atom stereocenters. The van der Waals surface area contributed by atoms with Crippen LogP contribution in [0.2, 0.25) is 0 Å². The summed E-state index contributed by atoms with van der Waals surface area (Å²) in [6, 6.07) is 13.6. The molecule has 1 aliphatic carbocycles. The van der Waals surface area contributed by atoms with E-state index in [4.69, 9.17) is 32.4 Å². The van der Waals surface area contributed by atoms with Gasteiger partial charge in [0, 0.05) is 12.1 Å². The van der Waals surface area contributed by atoms with E-state index in [0.29, 0.717) is 11.1 Å². The first-order valence-electron chi connectivity index (χ1n) is 8.94. The number of rotatable bonds is 4. The summed E-state index contributed by atoms with van der Waals surface area (Å²) < 4.78 is 11.1. The molecule has 0 radical (unpaired) electrons. The Morgan fingerprint density at radius 3 is 1.21 bits per heavy atom. The van der Waals surface area contributed by atoms with E-state index in [1.165, 1.54) is 0 Å². The average Bonchev–Trinajstić information content (AvgIpc) is 2.74. The Labute approximate surface area is 162 Å². The molecule has 8 nitrogen and oxygen atoms in total. The molecule has 1 fully saturated rings. The third-order valence-corrected chi connectivity index (χ3v) is 4.92. The van der Waals surface area contributed by atoms with Crippen LogP contribution in [-0.2, 0) is 9.47 Å². The molecule has 1 aliphatic rings. The third kappa shape index (κ3) is 4.05. The van der Waals surface area contributed by atoms with Gasteiger partial charge in [0.15, 0.2) is 12.2 Å². The molecule has 8 N–H and O–H groups in total. The van der Waals surface area contributed by atoms with Crippen LogP contribution in [0.1, 0.15) is 20.7 Å². The van der Waals surface area contributed by atoms with Crippen LogP contribution in [0, 0.1) is 0 Å². The van der Waals surface area contributed by atoms with E-state index >= 15 is 0 Å². The second kappa shape index (κ2) is 8.49. The van der Waals surface area contributed by atoms with E-state index in [1.54, 1.807) is 60.7 Å². The molecule has 2 aromatic carbocycles. The Hall–Kier alpha value is -2.78. The molecule has 1 saturated carbocycles. The molecule has 2 aromatic rings. The Morgan fingerprint density at radius 2 is 0.893 bits per heavy atom. The van der Waals surface area contributed by atoms with E-state index in [2.05, 4.69) is 0 Å². The highest BCUT2D eigenvalue weighted by Gasteiger charge is 2.49. The van der Waals surface area contributed by atoms with Gasteiger partial charge >= 0.3 is 11.9 Å². The zero-order valence-corrected chi connectivity index (χ0v) is 15.2. The number of carbonyl (C=O) groups excluding carboxylic acids is 2. The van der Waals surface area contributed by atoms with Crippen molar-refractivity contribution in [1.29, 1.82) is 0 Å². The molecule has 3 rings (SSSR count). The van der Waals surface area contributed by atoms with Gasteiger partial charge in [-0.05, 0) is 24.3 Å². The van der Waals surface area contributed by atoms with Crippen molar-refractivity contribution in [3.8, 4) is 0 Å². The molecular formula is C20H24N4O4. The summed E-state index contributed by atoms with van der Waals surface area (Å²) in [6.45, 7) is 0. The summed E-state index contributed by atoms with van der Waals surface area (Å²) in [5, 5.41) is 0. The van der Waals surface area contributed by atoms with Crippen molar-refractivity contribution >= 4 is 11.9 Å². The smallest absolute Gasteiger partial charge is 0.338 e. The molecular weight excluding hydrogens is 360 g/mol.